The molecule has 0 aliphatic carbocycles. The highest BCUT2D eigenvalue weighted by Gasteiger charge is 2.64. The molecule has 1 saturated heterocycles. The van der Waals surface area contributed by atoms with E-state index in [-0.39, 0.29) is 44.5 Å². The summed E-state index contributed by atoms with van der Waals surface area (Å²) in [6.45, 7) is 3.77. The lowest BCUT2D eigenvalue weighted by Crippen LogP contribution is -2.59. The van der Waals surface area contributed by atoms with Gasteiger partial charge in [-0.15, -0.1) is 0 Å². The Morgan fingerprint density at radius 2 is 1.64 bits per heavy atom. The van der Waals surface area contributed by atoms with Gasteiger partial charge < -0.3 is 19.1 Å². The molecule has 1 aliphatic rings. The van der Waals surface area contributed by atoms with Gasteiger partial charge >= 0.3 is 12.1 Å². The second-order valence-electron chi connectivity index (χ2n) is 9.42. The number of methoxy groups -OCH3 is 1. The molecule has 0 saturated carbocycles. The Labute approximate surface area is 226 Å². The van der Waals surface area contributed by atoms with E-state index in [2.05, 4.69) is 6.07 Å². The minimum Gasteiger partial charge on any atom is -0.494 e. The van der Waals surface area contributed by atoms with E-state index in [0.29, 0.717) is 17.9 Å². The number of carbonyl (C=O) groups is 2. The Balaban J connectivity index is 2.00. The maximum absolute atomic E-state index is 14.5. The van der Waals surface area contributed by atoms with Crippen molar-refractivity contribution >= 4 is 11.9 Å². The highest BCUT2D eigenvalue weighted by Crippen LogP contribution is 2.51. The van der Waals surface area contributed by atoms with Crippen molar-refractivity contribution in [3.63, 3.8) is 0 Å². The predicted octanol–water partition coefficient (Wildman–Crippen LogP) is 5.36. The Kier molecular flexibility index (Phi) is 9.62. The fraction of sp³-hybridized carbons (Fsp3) is 0.483. The SMILES string of the molecule is CCOC(=O)CC1(C(C#N)c2ccccc2OCC)CCN(C(=O)[C@](OC)(c2ccccc2)C(F)(F)F)CC1. The summed E-state index contributed by atoms with van der Waals surface area (Å²) < 4.78 is 59.4. The normalized spacial score (nSPS) is 17.4. The minimum atomic E-state index is -5.04. The molecule has 0 aromatic heterocycles. The number of piperidine rings is 1. The summed E-state index contributed by atoms with van der Waals surface area (Å²) in [6.07, 6.45) is -4.97. The van der Waals surface area contributed by atoms with Gasteiger partial charge in [0, 0.05) is 36.7 Å². The number of nitriles is 1. The number of carbonyl (C=O) groups excluding carboxylic acids is 2. The van der Waals surface area contributed by atoms with Gasteiger partial charge in [0.25, 0.3) is 11.5 Å². The molecule has 1 heterocycles. The molecular formula is C29H33F3N2O5. The minimum absolute atomic E-state index is 0.0999. The second kappa shape index (κ2) is 12.5. The van der Waals surface area contributed by atoms with E-state index in [9.17, 15) is 28.0 Å². The number of nitrogens with zero attached hydrogens (tertiary/aromatic N) is 2. The van der Waals surface area contributed by atoms with Crippen molar-refractivity contribution in [2.24, 2.45) is 5.41 Å². The summed E-state index contributed by atoms with van der Waals surface area (Å²) in [6, 6.07) is 16.1. The average molecular weight is 547 g/mol. The third kappa shape index (κ3) is 5.88. The largest absolute Gasteiger partial charge is 0.494 e. The smallest absolute Gasteiger partial charge is 0.430 e. The van der Waals surface area contributed by atoms with Gasteiger partial charge in [0.2, 0.25) is 0 Å². The lowest BCUT2D eigenvalue weighted by molar-refractivity contribution is -0.271. The maximum atomic E-state index is 14.5. The monoisotopic (exact) mass is 546 g/mol. The fourth-order valence-corrected chi connectivity index (χ4v) is 5.39. The summed E-state index contributed by atoms with van der Waals surface area (Å²) in [5, 5.41) is 10.3. The number of likely N-dealkylation sites (tertiary alicyclic amines) is 1. The van der Waals surface area contributed by atoms with Crippen molar-refractivity contribution < 1.29 is 37.0 Å². The number of hydrogen-bond acceptors (Lipinski definition) is 6. The van der Waals surface area contributed by atoms with Crippen LogP contribution < -0.4 is 4.74 Å². The van der Waals surface area contributed by atoms with Crippen LogP contribution in [0.3, 0.4) is 0 Å². The summed E-state index contributed by atoms with van der Waals surface area (Å²) in [5.74, 6) is -2.09. The standard InChI is InChI=1S/C29H33F3N2O5/c1-4-38-24-14-10-9-13-22(24)23(20-33)27(19-25(35)39-5-2)15-17-34(18-16-27)26(36)28(37-3,29(30,31)32)21-11-7-6-8-12-21/h6-14,23H,4-5,15-19H2,1-3H3/t23?,28-/m1/s1. The number of alkyl halides is 3. The first-order valence-corrected chi connectivity index (χ1v) is 12.8. The number of ether oxygens (including phenoxy) is 3. The molecule has 1 unspecified atom stereocenters. The molecule has 39 heavy (non-hydrogen) atoms. The Morgan fingerprint density at radius 3 is 2.18 bits per heavy atom. The van der Waals surface area contributed by atoms with Crippen LogP contribution in [0.4, 0.5) is 13.2 Å². The van der Waals surface area contributed by atoms with Gasteiger partial charge in [-0.3, -0.25) is 9.59 Å². The zero-order chi connectivity index (χ0) is 28.7. The maximum Gasteiger partial charge on any atom is 0.430 e. The van der Waals surface area contributed by atoms with Crippen LogP contribution in [-0.4, -0.2) is 56.4 Å². The molecule has 0 spiro atoms. The summed E-state index contributed by atoms with van der Waals surface area (Å²) in [7, 11) is 0.865. The van der Waals surface area contributed by atoms with Crippen LogP contribution in [0.1, 0.15) is 50.2 Å². The zero-order valence-corrected chi connectivity index (χ0v) is 22.3. The van der Waals surface area contributed by atoms with Crippen molar-refractivity contribution in [1.82, 2.24) is 4.90 Å². The zero-order valence-electron chi connectivity index (χ0n) is 22.3. The number of benzene rings is 2. The van der Waals surface area contributed by atoms with Gasteiger partial charge in [-0.25, -0.2) is 0 Å². The van der Waals surface area contributed by atoms with Crippen molar-refractivity contribution in [1.29, 1.82) is 5.26 Å². The summed E-state index contributed by atoms with van der Waals surface area (Å²) in [5.41, 5.74) is -3.93. The third-order valence-electron chi connectivity index (χ3n) is 7.31. The van der Waals surface area contributed by atoms with E-state index in [1.807, 2.05) is 6.92 Å². The molecule has 1 fully saturated rings. The fourth-order valence-electron chi connectivity index (χ4n) is 5.39. The van der Waals surface area contributed by atoms with Crippen LogP contribution >= 0.6 is 0 Å². The highest BCUT2D eigenvalue weighted by atomic mass is 19.4. The molecule has 3 rings (SSSR count). The predicted molar refractivity (Wildman–Crippen MR) is 137 cm³/mol. The van der Waals surface area contributed by atoms with Crippen LogP contribution in [0.25, 0.3) is 0 Å². The lowest BCUT2D eigenvalue weighted by Gasteiger charge is -2.46. The first-order chi connectivity index (χ1) is 18.6. The van der Waals surface area contributed by atoms with Crippen molar-refractivity contribution in [2.45, 2.75) is 50.8 Å². The lowest BCUT2D eigenvalue weighted by atomic mass is 9.64. The molecular weight excluding hydrogens is 513 g/mol. The first-order valence-electron chi connectivity index (χ1n) is 12.8. The van der Waals surface area contributed by atoms with Gasteiger partial charge in [0.15, 0.2) is 0 Å². The Morgan fingerprint density at radius 1 is 1.03 bits per heavy atom. The van der Waals surface area contributed by atoms with E-state index in [0.717, 1.165) is 12.0 Å². The van der Waals surface area contributed by atoms with E-state index in [1.54, 1.807) is 37.3 Å². The second-order valence-corrected chi connectivity index (χ2v) is 9.42. The average Bonchev–Trinajstić information content (AvgIpc) is 2.91. The topological polar surface area (TPSA) is 88.9 Å². The van der Waals surface area contributed by atoms with Gasteiger partial charge in [-0.05, 0) is 32.8 Å². The number of rotatable bonds is 10. The van der Waals surface area contributed by atoms with E-state index >= 15 is 0 Å². The molecule has 0 bridgehead atoms. The van der Waals surface area contributed by atoms with E-state index < -0.39 is 35.0 Å². The number of esters is 1. The van der Waals surface area contributed by atoms with Crippen LogP contribution in [0.5, 0.6) is 5.75 Å². The van der Waals surface area contributed by atoms with Crippen LogP contribution in [0, 0.1) is 16.7 Å². The number of amides is 1. The molecule has 210 valence electrons. The number of halogens is 3. The van der Waals surface area contributed by atoms with E-state index in [1.165, 1.54) is 24.3 Å². The van der Waals surface area contributed by atoms with Crippen LogP contribution in [-0.2, 0) is 24.7 Å². The molecule has 0 N–H and O–H groups in total. The molecule has 7 nitrogen and oxygen atoms in total. The summed E-state index contributed by atoms with van der Waals surface area (Å²) >= 11 is 0. The van der Waals surface area contributed by atoms with Crippen molar-refractivity contribution in [3.05, 3.63) is 65.7 Å². The Hall–Kier alpha value is -3.58. The molecule has 1 amide bonds. The molecule has 10 heteroatoms. The quantitative estimate of drug-likeness (QED) is 0.373. The third-order valence-corrected chi connectivity index (χ3v) is 7.31. The Bertz CT molecular complexity index is 1170. The highest BCUT2D eigenvalue weighted by molar-refractivity contribution is 5.88. The van der Waals surface area contributed by atoms with Crippen LogP contribution in [0.2, 0.25) is 0 Å². The number of para-hydroxylation sites is 1. The van der Waals surface area contributed by atoms with Gasteiger partial charge in [0.1, 0.15) is 5.75 Å². The molecule has 2 aromatic carbocycles. The summed E-state index contributed by atoms with van der Waals surface area (Å²) in [4.78, 5) is 27.4. The van der Waals surface area contributed by atoms with Gasteiger partial charge in [-0.2, -0.15) is 18.4 Å². The molecule has 2 atom stereocenters. The van der Waals surface area contributed by atoms with Crippen molar-refractivity contribution in [2.75, 3.05) is 33.4 Å². The van der Waals surface area contributed by atoms with E-state index in [4.69, 9.17) is 14.2 Å². The number of hydrogen-bond donors (Lipinski definition) is 0. The molecule has 1 aliphatic heterocycles. The molecule has 2 aromatic rings. The van der Waals surface area contributed by atoms with Gasteiger partial charge in [0.05, 0.1) is 31.6 Å². The van der Waals surface area contributed by atoms with Crippen LogP contribution in [0.15, 0.2) is 54.6 Å². The van der Waals surface area contributed by atoms with Crippen molar-refractivity contribution in [3.8, 4) is 11.8 Å². The van der Waals surface area contributed by atoms with Gasteiger partial charge in [-0.1, -0.05) is 48.5 Å². The first kappa shape index (κ1) is 30.0. The molecule has 0 radical (unpaired) electrons.